The summed E-state index contributed by atoms with van der Waals surface area (Å²) in [4.78, 5) is 21.6. The molecule has 0 bridgehead atoms. The van der Waals surface area contributed by atoms with E-state index in [1.165, 1.54) is 6.92 Å². The molecule has 0 unspecified atom stereocenters. The first-order chi connectivity index (χ1) is 6.06. The molecule has 0 radical (unpaired) electrons. The first-order valence-corrected chi connectivity index (χ1v) is 3.82. The number of amides is 1. The summed E-state index contributed by atoms with van der Waals surface area (Å²) in [5, 5.41) is 20.2. The molecule has 3 atom stereocenters. The Morgan fingerprint density at radius 3 is 2.57 bits per heavy atom. The molecule has 0 aromatic carbocycles. The Labute approximate surface area is 80.0 Å². The highest BCUT2D eigenvalue weighted by atomic mass is 16.6. The van der Waals surface area contributed by atoms with Crippen LogP contribution in [0.5, 0.6) is 0 Å². The Balaban J connectivity index is 0.00000169. The zero-order valence-corrected chi connectivity index (χ0v) is 7.56. The predicted octanol–water partition coefficient (Wildman–Crippen LogP) is -3.05. The molecule has 7 heteroatoms. The van der Waals surface area contributed by atoms with Gasteiger partial charge in [0.15, 0.2) is 12.1 Å². The van der Waals surface area contributed by atoms with Gasteiger partial charge in [-0.2, -0.15) is 0 Å². The molecular weight excluding hydrogens is 194 g/mol. The normalized spacial score (nSPS) is 30.5. The van der Waals surface area contributed by atoms with Crippen molar-refractivity contribution in [2.24, 2.45) is 0 Å². The standard InChI is InChI=1S/C7H11NO5.H2O/c1-3(10)8-5-6(11)4(2-9)13-7(5)12;/h4-6,9,11H,2H2,1H3,(H,8,10);1H2/t4-,5+,6+;/m0./s1. The quantitative estimate of drug-likeness (QED) is 0.414. The fourth-order valence-electron chi connectivity index (χ4n) is 1.15. The van der Waals surface area contributed by atoms with Crippen molar-refractivity contribution in [2.45, 2.75) is 25.2 Å². The van der Waals surface area contributed by atoms with E-state index in [-0.39, 0.29) is 5.48 Å². The Morgan fingerprint density at radius 1 is 1.64 bits per heavy atom. The van der Waals surface area contributed by atoms with Crippen molar-refractivity contribution in [2.75, 3.05) is 6.61 Å². The molecule has 5 N–H and O–H groups in total. The van der Waals surface area contributed by atoms with Gasteiger partial charge >= 0.3 is 5.97 Å². The van der Waals surface area contributed by atoms with Gasteiger partial charge in [0, 0.05) is 6.92 Å². The average Bonchev–Trinajstić information content (AvgIpc) is 2.31. The lowest BCUT2D eigenvalue weighted by Gasteiger charge is -2.13. The minimum absolute atomic E-state index is 0. The first-order valence-electron chi connectivity index (χ1n) is 3.82. The van der Waals surface area contributed by atoms with Crippen LogP contribution >= 0.6 is 0 Å². The second kappa shape index (κ2) is 4.89. The Bertz CT molecular complexity index is 230. The van der Waals surface area contributed by atoms with Gasteiger partial charge in [-0.05, 0) is 0 Å². The molecule has 0 aromatic heterocycles. The van der Waals surface area contributed by atoms with E-state index in [1.807, 2.05) is 0 Å². The van der Waals surface area contributed by atoms with Gasteiger partial charge in [0.1, 0.15) is 6.10 Å². The van der Waals surface area contributed by atoms with Crippen LogP contribution in [0, 0.1) is 0 Å². The van der Waals surface area contributed by atoms with Gasteiger partial charge < -0.3 is 25.7 Å². The topological polar surface area (TPSA) is 127 Å². The van der Waals surface area contributed by atoms with E-state index < -0.39 is 36.7 Å². The van der Waals surface area contributed by atoms with Crippen molar-refractivity contribution in [3.63, 3.8) is 0 Å². The molecule has 1 rings (SSSR count). The molecule has 1 heterocycles. The number of nitrogens with one attached hydrogen (secondary N) is 1. The fraction of sp³-hybridized carbons (Fsp3) is 0.714. The first kappa shape index (κ1) is 12.8. The highest BCUT2D eigenvalue weighted by Crippen LogP contribution is 2.15. The molecule has 0 aromatic rings. The van der Waals surface area contributed by atoms with Crippen LogP contribution in [0.2, 0.25) is 0 Å². The van der Waals surface area contributed by atoms with E-state index in [2.05, 4.69) is 10.1 Å². The second-order valence-electron chi connectivity index (χ2n) is 2.83. The number of aliphatic hydroxyl groups is 2. The van der Waals surface area contributed by atoms with Gasteiger partial charge in [-0.25, -0.2) is 4.79 Å². The van der Waals surface area contributed by atoms with Crippen LogP contribution in [-0.4, -0.2) is 52.4 Å². The lowest BCUT2D eigenvalue weighted by atomic mass is 10.1. The Morgan fingerprint density at radius 2 is 2.21 bits per heavy atom. The summed E-state index contributed by atoms with van der Waals surface area (Å²) < 4.78 is 4.58. The summed E-state index contributed by atoms with van der Waals surface area (Å²) in [6.07, 6.45) is -2.12. The third-order valence-corrected chi connectivity index (χ3v) is 1.78. The van der Waals surface area contributed by atoms with Gasteiger partial charge in [-0.15, -0.1) is 0 Å². The fourth-order valence-corrected chi connectivity index (χ4v) is 1.15. The van der Waals surface area contributed by atoms with Crippen molar-refractivity contribution >= 4 is 11.9 Å². The molecule has 14 heavy (non-hydrogen) atoms. The molecule has 82 valence electrons. The maximum absolute atomic E-state index is 11.0. The number of hydrogen-bond donors (Lipinski definition) is 3. The minimum Gasteiger partial charge on any atom is -0.455 e. The van der Waals surface area contributed by atoms with Crippen molar-refractivity contribution in [1.29, 1.82) is 0 Å². The lowest BCUT2D eigenvalue weighted by Crippen LogP contribution is -2.45. The smallest absolute Gasteiger partial charge is 0.331 e. The summed E-state index contributed by atoms with van der Waals surface area (Å²) in [5.41, 5.74) is 0. The van der Waals surface area contributed by atoms with E-state index in [4.69, 9.17) is 5.11 Å². The van der Waals surface area contributed by atoms with Crippen LogP contribution in [0.25, 0.3) is 0 Å². The summed E-state index contributed by atoms with van der Waals surface area (Å²) in [5.74, 6) is -1.15. The summed E-state index contributed by atoms with van der Waals surface area (Å²) in [6.45, 7) is 0.773. The molecule has 1 aliphatic rings. The van der Waals surface area contributed by atoms with Crippen LogP contribution in [-0.2, 0) is 14.3 Å². The number of esters is 1. The van der Waals surface area contributed by atoms with Gasteiger partial charge in [0.2, 0.25) is 5.91 Å². The van der Waals surface area contributed by atoms with Crippen molar-refractivity contribution in [3.8, 4) is 0 Å². The van der Waals surface area contributed by atoms with Crippen LogP contribution < -0.4 is 5.32 Å². The van der Waals surface area contributed by atoms with Crippen LogP contribution in [0.3, 0.4) is 0 Å². The highest BCUT2D eigenvalue weighted by molar-refractivity contribution is 5.85. The summed E-state index contributed by atoms with van der Waals surface area (Å²) >= 11 is 0. The molecule has 1 aliphatic heterocycles. The maximum atomic E-state index is 11.0. The number of ether oxygens (including phenoxy) is 1. The average molecular weight is 207 g/mol. The van der Waals surface area contributed by atoms with Crippen molar-refractivity contribution in [1.82, 2.24) is 5.32 Å². The van der Waals surface area contributed by atoms with Gasteiger partial charge in [0.25, 0.3) is 0 Å². The molecule has 0 aliphatic carbocycles. The molecule has 1 fully saturated rings. The van der Waals surface area contributed by atoms with E-state index in [0.717, 1.165) is 0 Å². The zero-order chi connectivity index (χ0) is 10.0. The lowest BCUT2D eigenvalue weighted by molar-refractivity contribution is -0.145. The number of carbonyl (C=O) groups excluding carboxylic acids is 2. The van der Waals surface area contributed by atoms with E-state index >= 15 is 0 Å². The van der Waals surface area contributed by atoms with Gasteiger partial charge in [-0.1, -0.05) is 0 Å². The molecule has 0 saturated carbocycles. The molecule has 0 spiro atoms. The molecule has 1 saturated heterocycles. The number of cyclic esters (lactones) is 1. The van der Waals surface area contributed by atoms with Crippen LogP contribution in [0.15, 0.2) is 0 Å². The number of carbonyl (C=O) groups is 2. The summed E-state index contributed by atoms with van der Waals surface area (Å²) in [7, 11) is 0. The number of rotatable bonds is 2. The third-order valence-electron chi connectivity index (χ3n) is 1.78. The minimum atomic E-state index is -1.18. The van der Waals surface area contributed by atoms with Crippen molar-refractivity contribution in [3.05, 3.63) is 0 Å². The van der Waals surface area contributed by atoms with E-state index in [1.54, 1.807) is 0 Å². The predicted molar refractivity (Wildman–Crippen MR) is 44.2 cm³/mol. The monoisotopic (exact) mass is 207 g/mol. The zero-order valence-electron chi connectivity index (χ0n) is 7.56. The Hall–Kier alpha value is -1.18. The largest absolute Gasteiger partial charge is 0.455 e. The highest BCUT2D eigenvalue weighted by Gasteiger charge is 2.43. The van der Waals surface area contributed by atoms with E-state index in [9.17, 15) is 14.7 Å². The molecular formula is C7H13NO6. The van der Waals surface area contributed by atoms with Crippen LogP contribution in [0.1, 0.15) is 6.92 Å². The third kappa shape index (κ3) is 2.41. The maximum Gasteiger partial charge on any atom is 0.331 e. The number of aliphatic hydroxyl groups excluding tert-OH is 2. The van der Waals surface area contributed by atoms with Crippen molar-refractivity contribution < 1.29 is 30.0 Å². The van der Waals surface area contributed by atoms with E-state index in [0.29, 0.717) is 0 Å². The second-order valence-corrected chi connectivity index (χ2v) is 2.83. The Kier molecular flexibility index (Phi) is 4.48. The SMILES string of the molecule is CC(=O)N[C@H]1C(=O)O[C@@H](CO)[C@H]1O.O. The molecule has 1 amide bonds. The van der Waals surface area contributed by atoms with Crippen LogP contribution in [0.4, 0.5) is 0 Å². The molecule has 7 nitrogen and oxygen atoms in total. The number of hydrogen-bond acceptors (Lipinski definition) is 5. The summed E-state index contributed by atoms with van der Waals surface area (Å²) in [6, 6.07) is -1.06. The van der Waals surface area contributed by atoms with Gasteiger partial charge in [-0.3, -0.25) is 4.79 Å². The van der Waals surface area contributed by atoms with Gasteiger partial charge in [0.05, 0.1) is 6.61 Å².